The minimum atomic E-state index is -0.347. The van der Waals surface area contributed by atoms with Gasteiger partial charge in [-0.25, -0.2) is 4.98 Å². The highest BCUT2D eigenvalue weighted by atomic mass is 35.5. The fraction of sp³-hybridized carbons (Fsp3) is 0.444. The van der Waals surface area contributed by atoms with E-state index in [4.69, 9.17) is 32.9 Å². The minimum absolute atomic E-state index is 0.347. The van der Waals surface area contributed by atoms with Crippen LogP contribution in [0.4, 0.5) is 0 Å². The summed E-state index contributed by atoms with van der Waals surface area (Å²) in [4.78, 5) is 17.5. The van der Waals surface area contributed by atoms with Crippen molar-refractivity contribution < 1.29 is 4.74 Å². The summed E-state index contributed by atoms with van der Waals surface area (Å²) in [5, 5.41) is 9.61. The molecule has 4 aromatic rings. The highest BCUT2D eigenvalue weighted by Crippen LogP contribution is 2.36. The fourth-order valence-electron chi connectivity index (χ4n) is 5.69. The number of H-pyrrole nitrogens is 2. The summed E-state index contributed by atoms with van der Waals surface area (Å²) in [5.41, 5.74) is 4.73. The van der Waals surface area contributed by atoms with Crippen molar-refractivity contribution >= 4 is 34.1 Å². The third kappa shape index (κ3) is 4.72. The van der Waals surface area contributed by atoms with Gasteiger partial charge in [-0.2, -0.15) is 5.10 Å². The Hall–Kier alpha value is -2.65. The Bertz CT molecular complexity index is 1380. The maximum absolute atomic E-state index is 6.33. The molecule has 2 aliphatic heterocycles. The fourth-order valence-corrected chi connectivity index (χ4v) is 6.36. The number of piperidine rings is 1. The lowest BCUT2D eigenvalue weighted by Gasteiger charge is -2.36. The lowest BCUT2D eigenvalue weighted by Crippen LogP contribution is -2.41. The van der Waals surface area contributed by atoms with E-state index in [9.17, 15) is 0 Å². The molecule has 0 bridgehead atoms. The molecule has 10 heteroatoms. The van der Waals surface area contributed by atoms with E-state index in [1.165, 1.54) is 31.6 Å². The molecule has 0 spiro atoms. The van der Waals surface area contributed by atoms with Crippen LogP contribution in [0, 0.1) is 5.92 Å². The number of likely N-dealkylation sites (tertiary alicyclic amines) is 1. The van der Waals surface area contributed by atoms with Gasteiger partial charge in [0.25, 0.3) is 0 Å². The van der Waals surface area contributed by atoms with Gasteiger partial charge < -0.3 is 14.6 Å². The predicted octanol–water partition coefficient (Wildman–Crippen LogP) is 5.84. The zero-order chi connectivity index (χ0) is 25.7. The van der Waals surface area contributed by atoms with Crippen LogP contribution < -0.4 is 4.74 Å². The van der Waals surface area contributed by atoms with Gasteiger partial charge in [0.1, 0.15) is 17.5 Å². The van der Waals surface area contributed by atoms with Crippen LogP contribution >= 0.6 is 23.2 Å². The standard InChI is InChI=1S/C27H31Cl2N7O/c1-15(17-6-8-35(3)9-7-17)36-13-23-24(14-36)32-27(31-23)26-19-10-18(4-5-22(19)33-34-26)37-16(2)25-20(28)11-30-12-21(25)29/h4-5,10-12,15-17H,6-9,13-14H2,1-3H3,(H,31,32)(H,33,34)/t15-,16-/m1/s1. The molecule has 8 nitrogen and oxygen atoms in total. The Balaban J connectivity index is 1.20. The van der Waals surface area contributed by atoms with Crippen LogP contribution in [-0.2, 0) is 13.1 Å². The van der Waals surface area contributed by atoms with Gasteiger partial charge in [0.05, 0.1) is 26.9 Å². The van der Waals surface area contributed by atoms with Crippen molar-refractivity contribution in [2.45, 2.75) is 51.9 Å². The molecule has 5 heterocycles. The van der Waals surface area contributed by atoms with Crippen molar-refractivity contribution in [1.29, 1.82) is 0 Å². The van der Waals surface area contributed by atoms with Gasteiger partial charge in [-0.1, -0.05) is 23.2 Å². The van der Waals surface area contributed by atoms with Gasteiger partial charge in [-0.05, 0) is 70.9 Å². The highest BCUT2D eigenvalue weighted by molar-refractivity contribution is 6.35. The van der Waals surface area contributed by atoms with Gasteiger partial charge in [0.2, 0.25) is 0 Å². The number of hydrogen-bond donors (Lipinski definition) is 2. The lowest BCUT2D eigenvalue weighted by molar-refractivity contribution is 0.103. The smallest absolute Gasteiger partial charge is 0.159 e. The summed E-state index contributed by atoms with van der Waals surface area (Å²) in [6, 6.07) is 6.41. The first-order valence-corrected chi connectivity index (χ1v) is 13.6. The molecule has 0 radical (unpaired) electrons. The molecule has 2 aliphatic rings. The number of fused-ring (bicyclic) bond motifs is 2. The molecule has 0 unspecified atom stereocenters. The first-order chi connectivity index (χ1) is 17.9. The number of benzene rings is 1. The van der Waals surface area contributed by atoms with Crippen molar-refractivity contribution in [1.82, 2.24) is 34.9 Å². The van der Waals surface area contributed by atoms with Gasteiger partial charge in [-0.3, -0.25) is 15.0 Å². The van der Waals surface area contributed by atoms with E-state index in [1.54, 1.807) is 12.4 Å². The van der Waals surface area contributed by atoms with Crippen LogP contribution in [0.25, 0.3) is 22.4 Å². The van der Waals surface area contributed by atoms with E-state index < -0.39 is 0 Å². The summed E-state index contributed by atoms with van der Waals surface area (Å²) in [7, 11) is 2.22. The highest BCUT2D eigenvalue weighted by Gasteiger charge is 2.32. The third-order valence-corrected chi connectivity index (χ3v) is 8.57. The van der Waals surface area contributed by atoms with Gasteiger partial charge >= 0.3 is 0 Å². The van der Waals surface area contributed by atoms with E-state index in [1.807, 2.05) is 25.1 Å². The summed E-state index contributed by atoms with van der Waals surface area (Å²) in [6.45, 7) is 8.45. The molecule has 0 saturated carbocycles. The summed E-state index contributed by atoms with van der Waals surface area (Å²) >= 11 is 12.7. The molecule has 1 fully saturated rings. The van der Waals surface area contributed by atoms with Crippen LogP contribution in [0.2, 0.25) is 10.0 Å². The van der Waals surface area contributed by atoms with Crippen molar-refractivity contribution in [2.75, 3.05) is 20.1 Å². The average Bonchev–Trinajstić information content (AvgIpc) is 3.57. The van der Waals surface area contributed by atoms with Crippen LogP contribution in [0.15, 0.2) is 30.6 Å². The Labute approximate surface area is 226 Å². The summed E-state index contributed by atoms with van der Waals surface area (Å²) in [6.07, 6.45) is 5.34. The Morgan fingerprint density at radius 3 is 2.57 bits per heavy atom. The second-order valence-electron chi connectivity index (χ2n) is 10.4. The molecule has 1 saturated heterocycles. The quantitative estimate of drug-likeness (QED) is 0.320. The number of aromatic nitrogens is 5. The lowest BCUT2D eigenvalue weighted by atomic mass is 9.90. The van der Waals surface area contributed by atoms with E-state index in [-0.39, 0.29) is 6.10 Å². The zero-order valence-corrected chi connectivity index (χ0v) is 22.8. The van der Waals surface area contributed by atoms with E-state index in [0.717, 1.165) is 47.1 Å². The SMILES string of the molecule is C[C@H](C1CCN(C)CC1)N1Cc2nc(-c3n[nH]c4ccc(O[C@H](C)c5c(Cl)cncc5Cl)cc34)[nH]c2C1. The van der Waals surface area contributed by atoms with Crippen molar-refractivity contribution in [3.8, 4) is 17.3 Å². The van der Waals surface area contributed by atoms with Crippen molar-refractivity contribution in [3.63, 3.8) is 0 Å². The number of rotatable bonds is 6. The summed E-state index contributed by atoms with van der Waals surface area (Å²) < 4.78 is 6.22. The average molecular weight is 540 g/mol. The van der Waals surface area contributed by atoms with E-state index in [0.29, 0.717) is 27.4 Å². The number of pyridine rings is 1. The Morgan fingerprint density at radius 2 is 1.84 bits per heavy atom. The van der Waals surface area contributed by atoms with E-state index in [2.05, 4.69) is 43.9 Å². The van der Waals surface area contributed by atoms with E-state index >= 15 is 0 Å². The molecule has 0 amide bonds. The zero-order valence-electron chi connectivity index (χ0n) is 21.3. The van der Waals surface area contributed by atoms with Crippen LogP contribution in [0.3, 0.4) is 0 Å². The predicted molar refractivity (Wildman–Crippen MR) is 146 cm³/mol. The Morgan fingerprint density at radius 1 is 1.08 bits per heavy atom. The largest absolute Gasteiger partial charge is 0.486 e. The molecular formula is C27H31Cl2N7O. The number of nitrogens with one attached hydrogen (secondary N) is 2. The molecule has 3 aromatic heterocycles. The molecular weight excluding hydrogens is 509 g/mol. The first-order valence-electron chi connectivity index (χ1n) is 12.8. The normalized spacial score (nSPS) is 18.8. The van der Waals surface area contributed by atoms with Crippen LogP contribution in [-0.4, -0.2) is 61.1 Å². The second-order valence-corrected chi connectivity index (χ2v) is 11.2. The van der Waals surface area contributed by atoms with Crippen LogP contribution in [0.5, 0.6) is 5.75 Å². The topological polar surface area (TPSA) is 86.0 Å². The van der Waals surface area contributed by atoms with Gasteiger partial charge in [-0.15, -0.1) is 0 Å². The molecule has 2 atom stereocenters. The molecule has 6 rings (SSSR count). The van der Waals surface area contributed by atoms with Crippen LogP contribution in [0.1, 0.15) is 49.7 Å². The monoisotopic (exact) mass is 539 g/mol. The number of halogens is 2. The molecule has 37 heavy (non-hydrogen) atoms. The summed E-state index contributed by atoms with van der Waals surface area (Å²) in [5.74, 6) is 2.23. The number of hydrogen-bond acceptors (Lipinski definition) is 6. The van der Waals surface area contributed by atoms with Gasteiger partial charge in [0, 0.05) is 42.5 Å². The number of nitrogens with zero attached hydrogens (tertiary/aromatic N) is 5. The Kier molecular flexibility index (Phi) is 6.61. The van der Waals surface area contributed by atoms with Crippen molar-refractivity contribution in [2.24, 2.45) is 5.92 Å². The minimum Gasteiger partial charge on any atom is -0.486 e. The van der Waals surface area contributed by atoms with Crippen molar-refractivity contribution in [3.05, 3.63) is 57.6 Å². The number of aromatic amines is 2. The first kappa shape index (κ1) is 24.7. The molecule has 194 valence electrons. The third-order valence-electron chi connectivity index (χ3n) is 7.97. The molecule has 0 aliphatic carbocycles. The molecule has 1 aromatic carbocycles. The number of ether oxygens (including phenoxy) is 1. The maximum atomic E-state index is 6.33. The number of imidazole rings is 1. The second kappa shape index (κ2) is 9.91. The molecule has 2 N–H and O–H groups in total. The van der Waals surface area contributed by atoms with Gasteiger partial charge in [0.15, 0.2) is 5.82 Å². The maximum Gasteiger partial charge on any atom is 0.159 e.